The van der Waals surface area contributed by atoms with Gasteiger partial charge < -0.3 is 15.4 Å². The quantitative estimate of drug-likeness (QED) is 0.869. The molecule has 4 nitrogen and oxygen atoms in total. The molecule has 0 radical (unpaired) electrons. The van der Waals surface area contributed by atoms with Gasteiger partial charge in [0.25, 0.3) is 5.91 Å². The van der Waals surface area contributed by atoms with Crippen LogP contribution in [-0.2, 0) is 0 Å². The smallest absolute Gasteiger partial charge is 0.260 e. The first kappa shape index (κ1) is 13.9. The van der Waals surface area contributed by atoms with Gasteiger partial charge >= 0.3 is 0 Å². The van der Waals surface area contributed by atoms with Gasteiger partial charge in [0.1, 0.15) is 5.75 Å². The number of methoxy groups -OCH3 is 1. The van der Waals surface area contributed by atoms with Gasteiger partial charge in [-0.3, -0.25) is 4.79 Å². The number of hydrogen-bond donors (Lipinski definition) is 1. The highest BCUT2D eigenvalue weighted by Gasteiger charge is 2.18. The lowest BCUT2D eigenvalue weighted by molar-refractivity contribution is 0.0989. The van der Waals surface area contributed by atoms with Crippen molar-refractivity contribution in [3.63, 3.8) is 0 Å². The van der Waals surface area contributed by atoms with E-state index >= 15 is 0 Å². The topological polar surface area (TPSA) is 55.6 Å². The second kappa shape index (κ2) is 6.10. The highest BCUT2D eigenvalue weighted by atomic mass is 16.5. The van der Waals surface area contributed by atoms with Gasteiger partial charge in [-0.25, -0.2) is 0 Å². The summed E-state index contributed by atoms with van der Waals surface area (Å²) in [5.74, 6) is 0.528. The summed E-state index contributed by atoms with van der Waals surface area (Å²) < 4.78 is 5.10. The molecule has 0 atom stereocenters. The predicted octanol–water partition coefficient (Wildman–Crippen LogP) is 2.94. The number of amides is 1. The molecular formula is C16H18N2O2. The van der Waals surface area contributed by atoms with Crippen LogP contribution in [0.3, 0.4) is 0 Å². The van der Waals surface area contributed by atoms with Gasteiger partial charge in [-0.15, -0.1) is 0 Å². The molecule has 0 aliphatic heterocycles. The molecule has 0 aromatic heterocycles. The maximum absolute atomic E-state index is 12.6. The molecule has 2 rings (SSSR count). The zero-order valence-electron chi connectivity index (χ0n) is 11.7. The molecule has 0 saturated carbocycles. The summed E-state index contributed by atoms with van der Waals surface area (Å²) in [6.45, 7) is 2.51. The number of hydrogen-bond acceptors (Lipinski definition) is 3. The second-order valence-electron chi connectivity index (χ2n) is 4.34. The molecule has 0 saturated heterocycles. The Kier molecular flexibility index (Phi) is 4.25. The third-order valence-electron chi connectivity index (χ3n) is 3.12. The van der Waals surface area contributed by atoms with Gasteiger partial charge in [-0.2, -0.15) is 0 Å². The molecule has 0 spiro atoms. The van der Waals surface area contributed by atoms with Crippen molar-refractivity contribution in [3.8, 4) is 5.75 Å². The fourth-order valence-electron chi connectivity index (χ4n) is 2.06. The molecule has 0 fully saturated rings. The van der Waals surface area contributed by atoms with Gasteiger partial charge in [0.05, 0.1) is 12.7 Å². The molecule has 0 bridgehead atoms. The van der Waals surface area contributed by atoms with Crippen LogP contribution in [0, 0.1) is 0 Å². The summed E-state index contributed by atoms with van der Waals surface area (Å²) in [4.78, 5) is 14.3. The maximum Gasteiger partial charge on any atom is 0.260 e. The zero-order chi connectivity index (χ0) is 14.5. The molecule has 2 N–H and O–H groups in total. The van der Waals surface area contributed by atoms with E-state index in [1.165, 1.54) is 0 Å². The Hall–Kier alpha value is -2.49. The van der Waals surface area contributed by atoms with Crippen LogP contribution in [0.4, 0.5) is 11.4 Å². The Labute approximate surface area is 118 Å². The van der Waals surface area contributed by atoms with Crippen LogP contribution in [0.2, 0.25) is 0 Å². The van der Waals surface area contributed by atoms with Gasteiger partial charge in [0.2, 0.25) is 0 Å². The molecule has 4 heteroatoms. The first-order valence-corrected chi connectivity index (χ1v) is 6.47. The number of nitrogens with zero attached hydrogens (tertiary/aromatic N) is 1. The van der Waals surface area contributed by atoms with E-state index in [9.17, 15) is 4.79 Å². The van der Waals surface area contributed by atoms with Crippen molar-refractivity contribution in [2.75, 3.05) is 24.3 Å². The van der Waals surface area contributed by atoms with Crippen LogP contribution < -0.4 is 15.4 Å². The minimum Gasteiger partial charge on any atom is -0.497 e. The summed E-state index contributed by atoms with van der Waals surface area (Å²) in [6, 6.07) is 14.6. The highest BCUT2D eigenvalue weighted by molar-refractivity contribution is 6.09. The standard InChI is InChI=1S/C16H18N2O2/c1-3-18(12-7-5-4-6-8-12)16(19)14-10-9-13(20-2)11-15(14)17/h4-11H,3,17H2,1-2H3. The van der Waals surface area contributed by atoms with Crippen LogP contribution in [0.1, 0.15) is 17.3 Å². The van der Waals surface area contributed by atoms with E-state index in [2.05, 4.69) is 0 Å². The number of carbonyl (C=O) groups excluding carboxylic acids is 1. The van der Waals surface area contributed by atoms with Crippen LogP contribution in [0.5, 0.6) is 5.75 Å². The fraction of sp³-hybridized carbons (Fsp3) is 0.188. The number of ether oxygens (including phenoxy) is 1. The molecule has 1 amide bonds. The van der Waals surface area contributed by atoms with Crippen LogP contribution >= 0.6 is 0 Å². The summed E-state index contributed by atoms with van der Waals surface area (Å²) >= 11 is 0. The van der Waals surface area contributed by atoms with Gasteiger partial charge in [0, 0.05) is 24.0 Å². The number of anilines is 2. The predicted molar refractivity (Wildman–Crippen MR) is 81.2 cm³/mol. The van der Waals surface area contributed by atoms with E-state index in [1.807, 2.05) is 37.3 Å². The van der Waals surface area contributed by atoms with E-state index < -0.39 is 0 Å². The van der Waals surface area contributed by atoms with E-state index in [-0.39, 0.29) is 5.91 Å². The average molecular weight is 270 g/mol. The van der Waals surface area contributed by atoms with Crippen molar-refractivity contribution in [1.29, 1.82) is 0 Å². The minimum atomic E-state index is -0.112. The number of rotatable bonds is 4. The summed E-state index contributed by atoms with van der Waals surface area (Å²) in [7, 11) is 1.57. The SMILES string of the molecule is CCN(C(=O)c1ccc(OC)cc1N)c1ccccc1. The molecule has 0 unspecified atom stereocenters. The van der Waals surface area contributed by atoms with Gasteiger partial charge in [0.15, 0.2) is 0 Å². The van der Waals surface area contributed by atoms with Gasteiger partial charge in [-0.05, 0) is 31.2 Å². The normalized spacial score (nSPS) is 10.1. The maximum atomic E-state index is 12.6. The van der Waals surface area contributed by atoms with Crippen molar-refractivity contribution < 1.29 is 9.53 Å². The summed E-state index contributed by atoms with van der Waals surface area (Å²) in [5.41, 5.74) is 7.70. The molecule has 2 aromatic carbocycles. The average Bonchev–Trinajstić information content (AvgIpc) is 2.48. The third-order valence-corrected chi connectivity index (χ3v) is 3.12. The van der Waals surface area contributed by atoms with E-state index in [4.69, 9.17) is 10.5 Å². The summed E-state index contributed by atoms with van der Waals surface area (Å²) in [5, 5.41) is 0. The Morgan fingerprint density at radius 3 is 2.45 bits per heavy atom. The summed E-state index contributed by atoms with van der Waals surface area (Å²) in [6.07, 6.45) is 0. The molecule has 0 aliphatic rings. The lowest BCUT2D eigenvalue weighted by Gasteiger charge is -2.22. The second-order valence-corrected chi connectivity index (χ2v) is 4.34. The van der Waals surface area contributed by atoms with Crippen LogP contribution in [0.15, 0.2) is 48.5 Å². The number of nitrogens with two attached hydrogens (primary N) is 1. The highest BCUT2D eigenvalue weighted by Crippen LogP contribution is 2.23. The monoisotopic (exact) mass is 270 g/mol. The largest absolute Gasteiger partial charge is 0.497 e. The van der Waals surface area contributed by atoms with E-state index in [1.54, 1.807) is 30.2 Å². The van der Waals surface area contributed by atoms with Crippen molar-refractivity contribution >= 4 is 17.3 Å². The van der Waals surface area contributed by atoms with Crippen LogP contribution in [-0.4, -0.2) is 19.6 Å². The minimum absolute atomic E-state index is 0.112. The van der Waals surface area contributed by atoms with Crippen molar-refractivity contribution in [2.45, 2.75) is 6.92 Å². The Morgan fingerprint density at radius 1 is 1.20 bits per heavy atom. The fourth-order valence-corrected chi connectivity index (χ4v) is 2.06. The zero-order valence-corrected chi connectivity index (χ0v) is 11.7. The molecule has 0 heterocycles. The number of nitrogen functional groups attached to an aromatic ring is 1. The number of para-hydroxylation sites is 1. The molecule has 2 aromatic rings. The van der Waals surface area contributed by atoms with E-state index in [0.29, 0.717) is 23.5 Å². The van der Waals surface area contributed by atoms with Crippen molar-refractivity contribution in [2.24, 2.45) is 0 Å². The van der Waals surface area contributed by atoms with Gasteiger partial charge in [-0.1, -0.05) is 18.2 Å². The van der Waals surface area contributed by atoms with Crippen molar-refractivity contribution in [3.05, 3.63) is 54.1 Å². The molecular weight excluding hydrogens is 252 g/mol. The molecule has 20 heavy (non-hydrogen) atoms. The molecule has 0 aliphatic carbocycles. The number of benzene rings is 2. The van der Waals surface area contributed by atoms with Crippen LogP contribution in [0.25, 0.3) is 0 Å². The number of carbonyl (C=O) groups is 1. The first-order chi connectivity index (χ1) is 9.67. The first-order valence-electron chi connectivity index (χ1n) is 6.47. The van der Waals surface area contributed by atoms with Crippen molar-refractivity contribution in [1.82, 2.24) is 0 Å². The molecule has 104 valence electrons. The lowest BCUT2D eigenvalue weighted by Crippen LogP contribution is -2.31. The Bertz CT molecular complexity index is 597. The Balaban J connectivity index is 2.34. The lowest BCUT2D eigenvalue weighted by atomic mass is 10.1. The Morgan fingerprint density at radius 2 is 1.90 bits per heavy atom. The van der Waals surface area contributed by atoms with E-state index in [0.717, 1.165) is 5.69 Å². The third kappa shape index (κ3) is 2.74.